The number of rotatable bonds is 1. The molecule has 0 aromatic heterocycles. The Kier molecular flexibility index (Phi) is 3.74. The first-order chi connectivity index (χ1) is 5.52. The van der Waals surface area contributed by atoms with Gasteiger partial charge in [-0.15, -0.1) is 0 Å². The van der Waals surface area contributed by atoms with Crippen LogP contribution in [0.3, 0.4) is 0 Å². The number of hydrogen-bond donors (Lipinski definition) is 2. The van der Waals surface area contributed by atoms with E-state index in [-0.39, 0.29) is 5.82 Å². The van der Waals surface area contributed by atoms with Crippen molar-refractivity contribution >= 4 is 57.8 Å². The van der Waals surface area contributed by atoms with Crippen LogP contribution in [-0.4, -0.2) is 17.2 Å². The fourth-order valence-electron chi connectivity index (χ4n) is 0.724. The lowest BCUT2D eigenvalue weighted by molar-refractivity contribution is 0.425. The molecule has 0 radical (unpaired) electrons. The van der Waals surface area contributed by atoms with E-state index in [1.807, 2.05) is 0 Å². The molecule has 0 aliphatic carbocycles. The Labute approximate surface area is 96.6 Å². The molecule has 64 valence electrons. The molecule has 6 heteroatoms. The Morgan fingerprint density at radius 1 is 1.17 bits per heavy atom. The molecule has 0 atom stereocenters. The summed E-state index contributed by atoms with van der Waals surface area (Å²) in [7, 11) is -1.53. The van der Waals surface area contributed by atoms with E-state index in [4.69, 9.17) is 10.0 Å². The van der Waals surface area contributed by atoms with Crippen molar-refractivity contribution in [1.82, 2.24) is 0 Å². The van der Waals surface area contributed by atoms with Gasteiger partial charge in [0, 0.05) is 7.14 Å². The van der Waals surface area contributed by atoms with Gasteiger partial charge >= 0.3 is 7.12 Å². The molecule has 1 aromatic rings. The Bertz CT molecular complexity index is 283. The van der Waals surface area contributed by atoms with E-state index < -0.39 is 7.12 Å². The van der Waals surface area contributed by atoms with Crippen molar-refractivity contribution in [3.05, 3.63) is 25.1 Å². The van der Waals surface area contributed by atoms with Gasteiger partial charge in [-0.05, 0) is 62.8 Å². The van der Waals surface area contributed by atoms with Crippen molar-refractivity contribution in [3.63, 3.8) is 0 Å². The summed E-state index contributed by atoms with van der Waals surface area (Å²) in [6.07, 6.45) is 0. The molecule has 0 saturated heterocycles. The predicted octanol–water partition coefficient (Wildman–Crippen LogP) is 0.715. The molecule has 1 rings (SSSR count). The first-order valence-corrected chi connectivity index (χ1v) is 5.18. The van der Waals surface area contributed by atoms with E-state index in [0.717, 1.165) is 0 Å². The third-order valence-corrected chi connectivity index (χ3v) is 2.87. The second-order valence-corrected chi connectivity index (χ2v) is 4.50. The van der Waals surface area contributed by atoms with E-state index in [0.29, 0.717) is 12.6 Å². The Balaban J connectivity index is 3.21. The summed E-state index contributed by atoms with van der Waals surface area (Å²) in [6, 6.07) is 2.81. The minimum Gasteiger partial charge on any atom is -0.423 e. The zero-order valence-electron chi connectivity index (χ0n) is 5.76. The van der Waals surface area contributed by atoms with Crippen LogP contribution >= 0.6 is 45.2 Å². The molecular formula is C6H4BFI2O2. The molecule has 2 nitrogen and oxygen atoms in total. The van der Waals surface area contributed by atoms with Gasteiger partial charge in [0.2, 0.25) is 0 Å². The van der Waals surface area contributed by atoms with Crippen molar-refractivity contribution in [2.24, 2.45) is 0 Å². The summed E-state index contributed by atoms with van der Waals surface area (Å²) < 4.78 is 13.8. The van der Waals surface area contributed by atoms with E-state index in [2.05, 4.69) is 0 Å². The summed E-state index contributed by atoms with van der Waals surface area (Å²) in [5.74, 6) is -0.319. The van der Waals surface area contributed by atoms with Crippen LogP contribution in [0.4, 0.5) is 4.39 Å². The van der Waals surface area contributed by atoms with Gasteiger partial charge in [-0.3, -0.25) is 0 Å². The minimum atomic E-state index is -1.53. The fourth-order valence-corrected chi connectivity index (χ4v) is 2.54. The minimum absolute atomic E-state index is 0.310. The fraction of sp³-hybridized carbons (Fsp3) is 0. The molecule has 0 heterocycles. The first kappa shape index (κ1) is 10.7. The lowest BCUT2D eigenvalue weighted by Gasteiger charge is -2.02. The highest BCUT2D eigenvalue weighted by Crippen LogP contribution is 2.15. The summed E-state index contributed by atoms with van der Waals surface area (Å²) in [5.41, 5.74) is 0.310. The van der Waals surface area contributed by atoms with Gasteiger partial charge in [-0.25, -0.2) is 4.39 Å². The predicted molar refractivity (Wildman–Crippen MR) is 61.7 cm³/mol. The van der Waals surface area contributed by atoms with Crippen LogP contribution in [0.15, 0.2) is 12.1 Å². The average molecular weight is 392 g/mol. The molecule has 1 aromatic carbocycles. The Hall–Kier alpha value is 0.595. The number of hydrogen-bond acceptors (Lipinski definition) is 2. The maximum Gasteiger partial charge on any atom is 0.488 e. The maximum atomic E-state index is 13.0. The van der Waals surface area contributed by atoms with E-state index in [9.17, 15) is 4.39 Å². The lowest BCUT2D eigenvalue weighted by Crippen LogP contribution is -2.30. The zero-order chi connectivity index (χ0) is 9.30. The molecule has 0 aliphatic heterocycles. The summed E-state index contributed by atoms with van der Waals surface area (Å²) in [5, 5.41) is 17.6. The normalized spacial score (nSPS) is 10.1. The van der Waals surface area contributed by atoms with Crippen LogP contribution in [0.1, 0.15) is 0 Å². The van der Waals surface area contributed by atoms with Crippen LogP contribution in [0, 0.1) is 13.0 Å². The SMILES string of the molecule is OB(O)c1cc(I)c(F)c(I)c1. The summed E-state index contributed by atoms with van der Waals surface area (Å²) in [6.45, 7) is 0. The molecule has 0 amide bonds. The van der Waals surface area contributed by atoms with Gasteiger partial charge in [-0.2, -0.15) is 0 Å². The molecular weight excluding hydrogens is 388 g/mol. The zero-order valence-corrected chi connectivity index (χ0v) is 10.1. The number of benzene rings is 1. The maximum absolute atomic E-state index is 13.0. The van der Waals surface area contributed by atoms with Crippen LogP contribution in [0.2, 0.25) is 0 Å². The van der Waals surface area contributed by atoms with Gasteiger partial charge in [0.25, 0.3) is 0 Å². The molecule has 2 N–H and O–H groups in total. The molecule has 0 aliphatic rings. The van der Waals surface area contributed by atoms with Gasteiger partial charge in [0.15, 0.2) is 0 Å². The lowest BCUT2D eigenvalue weighted by atomic mass is 9.80. The molecule has 0 fully saturated rings. The van der Waals surface area contributed by atoms with E-state index >= 15 is 0 Å². The average Bonchev–Trinajstić information content (AvgIpc) is 1.99. The van der Waals surface area contributed by atoms with Crippen LogP contribution < -0.4 is 5.46 Å². The summed E-state index contributed by atoms with van der Waals surface area (Å²) in [4.78, 5) is 0. The van der Waals surface area contributed by atoms with Gasteiger partial charge in [0.05, 0.1) is 0 Å². The standard InChI is InChI=1S/C6H4BFI2O2/c8-6-4(9)1-3(7(11)12)2-5(6)10/h1-2,11-12H. The second-order valence-electron chi connectivity index (χ2n) is 2.17. The van der Waals surface area contributed by atoms with Crippen LogP contribution in [0.5, 0.6) is 0 Å². The highest BCUT2D eigenvalue weighted by molar-refractivity contribution is 14.1. The van der Waals surface area contributed by atoms with Crippen LogP contribution in [-0.2, 0) is 0 Å². The highest BCUT2D eigenvalue weighted by Gasteiger charge is 2.15. The second kappa shape index (κ2) is 4.20. The summed E-state index contributed by atoms with van der Waals surface area (Å²) >= 11 is 3.61. The number of halogens is 3. The Morgan fingerprint density at radius 3 is 1.92 bits per heavy atom. The molecule has 12 heavy (non-hydrogen) atoms. The van der Waals surface area contributed by atoms with Crippen molar-refractivity contribution in [3.8, 4) is 0 Å². The smallest absolute Gasteiger partial charge is 0.423 e. The first-order valence-electron chi connectivity index (χ1n) is 3.03. The topological polar surface area (TPSA) is 40.5 Å². The van der Waals surface area contributed by atoms with Crippen molar-refractivity contribution < 1.29 is 14.4 Å². The van der Waals surface area contributed by atoms with E-state index in [1.165, 1.54) is 12.1 Å². The highest BCUT2D eigenvalue weighted by atomic mass is 127. The third kappa shape index (κ3) is 2.30. The monoisotopic (exact) mass is 392 g/mol. The van der Waals surface area contributed by atoms with Gasteiger partial charge < -0.3 is 10.0 Å². The molecule has 0 bridgehead atoms. The van der Waals surface area contributed by atoms with Gasteiger partial charge in [0.1, 0.15) is 5.82 Å². The quantitative estimate of drug-likeness (QED) is 0.421. The van der Waals surface area contributed by atoms with Gasteiger partial charge in [-0.1, -0.05) is 0 Å². The largest absolute Gasteiger partial charge is 0.488 e. The van der Waals surface area contributed by atoms with Crippen LogP contribution in [0.25, 0.3) is 0 Å². The van der Waals surface area contributed by atoms with Crippen molar-refractivity contribution in [2.45, 2.75) is 0 Å². The van der Waals surface area contributed by atoms with Crippen molar-refractivity contribution in [2.75, 3.05) is 0 Å². The van der Waals surface area contributed by atoms with Crippen molar-refractivity contribution in [1.29, 1.82) is 0 Å². The molecule has 0 spiro atoms. The third-order valence-electron chi connectivity index (χ3n) is 1.30. The molecule has 0 saturated carbocycles. The molecule has 0 unspecified atom stereocenters. The Morgan fingerprint density at radius 2 is 1.58 bits per heavy atom. The van der Waals surface area contributed by atoms with E-state index in [1.54, 1.807) is 45.2 Å².